The third-order valence-electron chi connectivity index (χ3n) is 3.68. The molecule has 0 aliphatic carbocycles. The van der Waals surface area contributed by atoms with E-state index < -0.39 is 0 Å². The van der Waals surface area contributed by atoms with Gasteiger partial charge in [-0.3, -0.25) is 4.90 Å². The molecule has 0 radical (unpaired) electrons. The van der Waals surface area contributed by atoms with E-state index in [9.17, 15) is 0 Å². The lowest BCUT2D eigenvalue weighted by Crippen LogP contribution is -2.31. The maximum absolute atomic E-state index is 2.59. The SMILES string of the molecule is CC(C)Cc1ccc(CN2CC[C@@H](N(C)C)C2)s1. The number of likely N-dealkylation sites (N-methyl/N-ethyl adjacent to an activating group) is 1. The van der Waals surface area contributed by atoms with Crippen LogP contribution in [0.2, 0.25) is 0 Å². The van der Waals surface area contributed by atoms with Crippen LogP contribution in [0, 0.1) is 5.92 Å². The molecule has 102 valence electrons. The fourth-order valence-electron chi connectivity index (χ4n) is 2.62. The topological polar surface area (TPSA) is 6.48 Å². The molecule has 1 aliphatic rings. The molecular weight excluding hydrogens is 240 g/mol. The van der Waals surface area contributed by atoms with Crippen LogP contribution in [-0.4, -0.2) is 43.0 Å². The Balaban J connectivity index is 1.85. The van der Waals surface area contributed by atoms with E-state index in [0.29, 0.717) is 0 Å². The number of rotatable bonds is 5. The van der Waals surface area contributed by atoms with E-state index in [2.05, 4.69) is 49.9 Å². The third kappa shape index (κ3) is 3.81. The molecule has 0 spiro atoms. The summed E-state index contributed by atoms with van der Waals surface area (Å²) in [6, 6.07) is 5.39. The second kappa shape index (κ2) is 6.18. The Morgan fingerprint density at radius 2 is 2.06 bits per heavy atom. The van der Waals surface area contributed by atoms with Crippen LogP contribution in [0.3, 0.4) is 0 Å². The first-order valence-electron chi connectivity index (χ1n) is 7.01. The van der Waals surface area contributed by atoms with Crippen molar-refractivity contribution in [2.45, 2.75) is 39.3 Å². The molecule has 1 saturated heterocycles. The minimum Gasteiger partial charge on any atom is -0.305 e. The predicted octanol–water partition coefficient (Wildman–Crippen LogP) is 3.08. The summed E-state index contributed by atoms with van der Waals surface area (Å²) in [5, 5.41) is 0. The first-order chi connectivity index (χ1) is 8.54. The van der Waals surface area contributed by atoms with Gasteiger partial charge in [-0.25, -0.2) is 0 Å². The average Bonchev–Trinajstić information content (AvgIpc) is 2.88. The molecule has 0 aromatic carbocycles. The molecule has 1 aromatic heterocycles. The molecule has 1 atom stereocenters. The summed E-state index contributed by atoms with van der Waals surface area (Å²) in [5.74, 6) is 0.765. The van der Waals surface area contributed by atoms with Gasteiger partial charge in [-0.05, 0) is 45.0 Å². The van der Waals surface area contributed by atoms with Crippen molar-refractivity contribution in [3.8, 4) is 0 Å². The van der Waals surface area contributed by atoms with Crippen molar-refractivity contribution in [2.24, 2.45) is 5.92 Å². The standard InChI is InChI=1S/C15H26N2S/c1-12(2)9-14-5-6-15(18-14)11-17-8-7-13(10-17)16(3)4/h5-6,12-13H,7-11H2,1-4H3/t13-/m1/s1. The van der Waals surface area contributed by atoms with Gasteiger partial charge >= 0.3 is 0 Å². The molecule has 2 rings (SSSR count). The summed E-state index contributed by atoms with van der Waals surface area (Å²) in [4.78, 5) is 8.03. The molecule has 2 nitrogen and oxygen atoms in total. The summed E-state index contributed by atoms with van der Waals surface area (Å²) in [6.07, 6.45) is 2.54. The lowest BCUT2D eigenvalue weighted by atomic mass is 10.1. The van der Waals surface area contributed by atoms with Crippen molar-refractivity contribution in [1.29, 1.82) is 0 Å². The second-order valence-corrected chi connectivity index (χ2v) is 7.36. The molecule has 0 unspecified atom stereocenters. The normalized spacial score (nSPS) is 21.3. The Hall–Kier alpha value is -0.380. The van der Waals surface area contributed by atoms with Crippen molar-refractivity contribution in [1.82, 2.24) is 9.80 Å². The molecule has 3 heteroatoms. The fraction of sp³-hybridized carbons (Fsp3) is 0.733. The molecular formula is C15H26N2S. The highest BCUT2D eigenvalue weighted by Gasteiger charge is 2.23. The summed E-state index contributed by atoms with van der Waals surface area (Å²) in [5.41, 5.74) is 0. The fourth-order valence-corrected chi connectivity index (χ4v) is 3.89. The Morgan fingerprint density at radius 3 is 2.67 bits per heavy atom. The first kappa shape index (κ1) is 14.0. The molecule has 0 bridgehead atoms. The number of likely N-dealkylation sites (tertiary alicyclic amines) is 1. The van der Waals surface area contributed by atoms with E-state index in [1.807, 2.05) is 11.3 Å². The van der Waals surface area contributed by atoms with Crippen LogP contribution >= 0.6 is 11.3 Å². The maximum atomic E-state index is 2.59. The Morgan fingerprint density at radius 1 is 1.33 bits per heavy atom. The van der Waals surface area contributed by atoms with Crippen LogP contribution in [0.25, 0.3) is 0 Å². The zero-order valence-electron chi connectivity index (χ0n) is 12.1. The Bertz CT molecular complexity index is 370. The van der Waals surface area contributed by atoms with Gasteiger partial charge in [0.1, 0.15) is 0 Å². The van der Waals surface area contributed by atoms with Crippen molar-refractivity contribution >= 4 is 11.3 Å². The Kier molecular flexibility index (Phi) is 4.82. The summed E-state index contributed by atoms with van der Waals surface area (Å²) in [7, 11) is 4.39. The van der Waals surface area contributed by atoms with Crippen LogP contribution < -0.4 is 0 Å². The van der Waals surface area contributed by atoms with Crippen LogP contribution in [0.5, 0.6) is 0 Å². The second-order valence-electron chi connectivity index (χ2n) is 6.11. The molecule has 1 fully saturated rings. The van der Waals surface area contributed by atoms with E-state index >= 15 is 0 Å². The maximum Gasteiger partial charge on any atom is 0.0328 e. The van der Waals surface area contributed by atoms with Gasteiger partial charge in [0.25, 0.3) is 0 Å². The van der Waals surface area contributed by atoms with E-state index in [1.165, 1.54) is 30.8 Å². The smallest absolute Gasteiger partial charge is 0.0328 e. The highest BCUT2D eigenvalue weighted by atomic mass is 32.1. The summed E-state index contributed by atoms with van der Waals surface area (Å²) >= 11 is 2.00. The van der Waals surface area contributed by atoms with E-state index in [4.69, 9.17) is 0 Å². The van der Waals surface area contributed by atoms with Gasteiger partial charge in [0.2, 0.25) is 0 Å². The molecule has 0 amide bonds. The van der Waals surface area contributed by atoms with Gasteiger partial charge in [0, 0.05) is 35.4 Å². The van der Waals surface area contributed by atoms with Gasteiger partial charge in [-0.1, -0.05) is 13.8 Å². The van der Waals surface area contributed by atoms with Gasteiger partial charge in [-0.2, -0.15) is 0 Å². The number of hydrogen-bond acceptors (Lipinski definition) is 3. The van der Waals surface area contributed by atoms with E-state index in [0.717, 1.165) is 18.5 Å². The zero-order chi connectivity index (χ0) is 13.1. The largest absolute Gasteiger partial charge is 0.305 e. The number of thiophene rings is 1. The third-order valence-corrected chi connectivity index (χ3v) is 4.78. The van der Waals surface area contributed by atoms with Gasteiger partial charge in [0.05, 0.1) is 0 Å². The minimum absolute atomic E-state index is 0.750. The molecule has 18 heavy (non-hydrogen) atoms. The van der Waals surface area contributed by atoms with Crippen molar-refractivity contribution in [2.75, 3.05) is 27.2 Å². The first-order valence-corrected chi connectivity index (χ1v) is 7.82. The lowest BCUT2D eigenvalue weighted by molar-refractivity contribution is 0.266. The minimum atomic E-state index is 0.750. The highest BCUT2D eigenvalue weighted by Crippen LogP contribution is 2.23. The van der Waals surface area contributed by atoms with Crippen LogP contribution in [0.4, 0.5) is 0 Å². The van der Waals surface area contributed by atoms with Gasteiger partial charge < -0.3 is 4.90 Å². The van der Waals surface area contributed by atoms with Gasteiger partial charge in [0.15, 0.2) is 0 Å². The van der Waals surface area contributed by atoms with Crippen LogP contribution in [0.1, 0.15) is 30.0 Å². The van der Waals surface area contributed by atoms with Crippen LogP contribution in [0.15, 0.2) is 12.1 Å². The average molecular weight is 266 g/mol. The molecule has 1 aliphatic heterocycles. The van der Waals surface area contributed by atoms with E-state index in [-0.39, 0.29) is 0 Å². The molecule has 0 N–H and O–H groups in total. The lowest BCUT2D eigenvalue weighted by Gasteiger charge is -2.19. The van der Waals surface area contributed by atoms with E-state index in [1.54, 1.807) is 4.88 Å². The van der Waals surface area contributed by atoms with Crippen molar-refractivity contribution < 1.29 is 0 Å². The highest BCUT2D eigenvalue weighted by molar-refractivity contribution is 7.11. The summed E-state index contributed by atoms with van der Waals surface area (Å²) < 4.78 is 0. The predicted molar refractivity (Wildman–Crippen MR) is 80.2 cm³/mol. The summed E-state index contributed by atoms with van der Waals surface area (Å²) in [6.45, 7) is 8.21. The van der Waals surface area contributed by atoms with Crippen LogP contribution in [-0.2, 0) is 13.0 Å². The van der Waals surface area contributed by atoms with Gasteiger partial charge in [-0.15, -0.1) is 11.3 Å². The zero-order valence-corrected chi connectivity index (χ0v) is 13.0. The molecule has 1 aromatic rings. The number of hydrogen-bond donors (Lipinski definition) is 0. The molecule has 0 saturated carbocycles. The monoisotopic (exact) mass is 266 g/mol. The quantitative estimate of drug-likeness (QED) is 0.808. The molecule has 2 heterocycles. The van der Waals surface area contributed by atoms with Crippen molar-refractivity contribution in [3.63, 3.8) is 0 Å². The van der Waals surface area contributed by atoms with Crippen molar-refractivity contribution in [3.05, 3.63) is 21.9 Å². The Labute approximate surface area is 116 Å². The number of nitrogens with zero attached hydrogens (tertiary/aromatic N) is 2.